The number of para-hydroxylation sites is 2. The fraction of sp³-hybridized carbons (Fsp3) is 0.316. The van der Waals surface area contributed by atoms with Crippen LogP contribution in [0, 0.1) is 11.7 Å². The van der Waals surface area contributed by atoms with E-state index in [1.807, 2.05) is 12.1 Å². The Balaban J connectivity index is 0.000000198. The van der Waals surface area contributed by atoms with Crippen LogP contribution in [0.1, 0.15) is 72.5 Å². The van der Waals surface area contributed by atoms with Gasteiger partial charge in [-0.25, -0.2) is 4.39 Å². The number of amides is 2. The summed E-state index contributed by atoms with van der Waals surface area (Å²) < 4.78 is 16.4. The van der Waals surface area contributed by atoms with E-state index < -0.39 is 22.7 Å². The van der Waals surface area contributed by atoms with Gasteiger partial charge in [0.15, 0.2) is 11.4 Å². The molecule has 264 valence electrons. The molecule has 0 radical (unpaired) electrons. The van der Waals surface area contributed by atoms with Crippen LogP contribution >= 0.6 is 0 Å². The van der Waals surface area contributed by atoms with Gasteiger partial charge in [0.1, 0.15) is 17.4 Å². The molecule has 1 aliphatic rings. The number of hydrogen-bond donors (Lipinski definition) is 2. The predicted molar refractivity (Wildman–Crippen MR) is 190 cm³/mol. The molecule has 6 rings (SSSR count). The molecule has 1 aliphatic carbocycles. The SMILES string of the molecule is CC(=O)CNC(=O)c1nn(CC2CCCCC2)c2ccccc2c1=O.CC(=O)CNC(=O)c1nn(Cc2ccc(F)cc2)c2ccccc2c1=O. The molecule has 3 aromatic carbocycles. The largest absolute Gasteiger partial charge is 0.343 e. The number of fused-ring (bicyclic) bond motifs is 2. The molecule has 2 N–H and O–H groups in total. The highest BCUT2D eigenvalue weighted by atomic mass is 19.1. The molecular formula is C38H39FN6O6. The first-order chi connectivity index (χ1) is 24.5. The number of nitrogens with zero attached hydrogens (tertiary/aromatic N) is 4. The Morgan fingerprint density at radius 1 is 0.686 bits per heavy atom. The van der Waals surface area contributed by atoms with Crippen molar-refractivity contribution in [2.75, 3.05) is 13.1 Å². The van der Waals surface area contributed by atoms with E-state index in [4.69, 9.17) is 0 Å². The zero-order valence-corrected chi connectivity index (χ0v) is 28.5. The van der Waals surface area contributed by atoms with Gasteiger partial charge in [0.05, 0.1) is 30.7 Å². The minimum atomic E-state index is -0.705. The summed E-state index contributed by atoms with van der Waals surface area (Å²) in [5, 5.41) is 14.2. The summed E-state index contributed by atoms with van der Waals surface area (Å²) in [4.78, 5) is 72.0. The first-order valence-corrected chi connectivity index (χ1v) is 16.8. The molecule has 0 bridgehead atoms. The van der Waals surface area contributed by atoms with Gasteiger partial charge in [0.2, 0.25) is 10.9 Å². The maximum Gasteiger partial charge on any atom is 0.276 e. The number of hydrogen-bond acceptors (Lipinski definition) is 8. The van der Waals surface area contributed by atoms with Gasteiger partial charge in [0.25, 0.3) is 11.8 Å². The highest BCUT2D eigenvalue weighted by Crippen LogP contribution is 2.26. The zero-order valence-electron chi connectivity index (χ0n) is 28.5. The van der Waals surface area contributed by atoms with Crippen LogP contribution in [-0.2, 0) is 22.7 Å². The Kier molecular flexibility index (Phi) is 11.9. The van der Waals surface area contributed by atoms with Gasteiger partial charge < -0.3 is 10.6 Å². The molecule has 2 heterocycles. The molecule has 2 aromatic heterocycles. The molecule has 5 aromatic rings. The minimum absolute atomic E-state index is 0.102. The lowest BCUT2D eigenvalue weighted by Gasteiger charge is -2.23. The first kappa shape index (κ1) is 36.4. The Morgan fingerprint density at radius 3 is 1.67 bits per heavy atom. The average Bonchev–Trinajstić information content (AvgIpc) is 3.13. The smallest absolute Gasteiger partial charge is 0.276 e. The highest BCUT2D eigenvalue weighted by molar-refractivity contribution is 5.98. The number of carbonyl (C=O) groups excluding carboxylic acids is 4. The van der Waals surface area contributed by atoms with Gasteiger partial charge in [-0.3, -0.25) is 38.1 Å². The Bertz CT molecular complexity index is 2210. The number of ketones is 2. The molecule has 0 atom stereocenters. The van der Waals surface area contributed by atoms with Crippen molar-refractivity contribution in [3.05, 3.63) is 116 Å². The number of Topliss-reactive ketones (excluding diaryl/α,β-unsaturated/α-hetero) is 2. The van der Waals surface area contributed by atoms with Gasteiger partial charge in [-0.1, -0.05) is 55.7 Å². The molecule has 0 spiro atoms. The van der Waals surface area contributed by atoms with E-state index >= 15 is 0 Å². The summed E-state index contributed by atoms with van der Waals surface area (Å²) in [5.74, 6) is -1.54. The molecule has 0 saturated heterocycles. The third-order valence-electron chi connectivity index (χ3n) is 8.55. The van der Waals surface area contributed by atoms with Gasteiger partial charge in [-0.05, 0) is 74.6 Å². The van der Waals surface area contributed by atoms with Gasteiger partial charge in [-0.15, -0.1) is 0 Å². The Hall–Kier alpha value is -5.85. The van der Waals surface area contributed by atoms with E-state index in [0.29, 0.717) is 28.8 Å². The third kappa shape index (κ3) is 9.24. The van der Waals surface area contributed by atoms with E-state index in [0.717, 1.165) is 23.9 Å². The van der Waals surface area contributed by atoms with Crippen molar-refractivity contribution < 1.29 is 23.6 Å². The van der Waals surface area contributed by atoms with Crippen LogP contribution in [0.5, 0.6) is 0 Å². The summed E-state index contributed by atoms with van der Waals surface area (Å²) in [6.45, 7) is 3.40. The number of halogens is 1. The lowest BCUT2D eigenvalue weighted by Crippen LogP contribution is -2.35. The maximum absolute atomic E-state index is 13.1. The zero-order chi connectivity index (χ0) is 36.5. The van der Waals surface area contributed by atoms with Gasteiger partial charge in [0, 0.05) is 17.3 Å². The van der Waals surface area contributed by atoms with Crippen LogP contribution in [0.25, 0.3) is 21.8 Å². The molecular weight excluding hydrogens is 655 g/mol. The quantitative estimate of drug-likeness (QED) is 0.220. The monoisotopic (exact) mass is 694 g/mol. The second kappa shape index (κ2) is 16.7. The van der Waals surface area contributed by atoms with Crippen molar-refractivity contribution in [3.8, 4) is 0 Å². The summed E-state index contributed by atoms with van der Waals surface area (Å²) in [6, 6.07) is 19.9. The normalized spacial score (nSPS) is 12.9. The topological polar surface area (TPSA) is 162 Å². The third-order valence-corrected chi connectivity index (χ3v) is 8.55. The van der Waals surface area contributed by atoms with Crippen LogP contribution in [0.4, 0.5) is 4.39 Å². The number of aromatic nitrogens is 4. The number of carbonyl (C=O) groups is 4. The van der Waals surface area contributed by atoms with E-state index in [1.165, 1.54) is 49.9 Å². The van der Waals surface area contributed by atoms with Crippen LogP contribution in [-0.4, -0.2) is 56.0 Å². The van der Waals surface area contributed by atoms with Crippen LogP contribution in [0.2, 0.25) is 0 Å². The Morgan fingerprint density at radius 2 is 1.16 bits per heavy atom. The van der Waals surface area contributed by atoms with Crippen molar-refractivity contribution in [1.29, 1.82) is 0 Å². The molecule has 1 fully saturated rings. The van der Waals surface area contributed by atoms with Crippen molar-refractivity contribution in [1.82, 2.24) is 30.2 Å². The summed E-state index contributed by atoms with van der Waals surface area (Å²) in [7, 11) is 0. The highest BCUT2D eigenvalue weighted by Gasteiger charge is 2.21. The minimum Gasteiger partial charge on any atom is -0.343 e. The standard InChI is InChI=1S/C19H16FN3O3.C19H23N3O3/c1-12(24)10-21-19(26)17-18(25)15-4-2-3-5-16(15)23(22-17)11-13-6-8-14(20)9-7-13;1-13(23)11-20-19(25)17-18(24)15-9-5-6-10-16(15)22(21-17)12-14-7-3-2-4-8-14/h2-9H,10-11H2,1H3,(H,21,26);5-6,9-10,14H,2-4,7-8,11-12H2,1H3,(H,20,25). The lowest BCUT2D eigenvalue weighted by molar-refractivity contribution is -0.116. The van der Waals surface area contributed by atoms with E-state index in [1.54, 1.807) is 53.2 Å². The number of benzene rings is 3. The fourth-order valence-electron chi connectivity index (χ4n) is 5.99. The number of nitrogens with one attached hydrogen (secondary N) is 2. The fourth-order valence-corrected chi connectivity index (χ4v) is 5.99. The molecule has 13 heteroatoms. The van der Waals surface area contributed by atoms with Crippen molar-refractivity contribution in [2.24, 2.45) is 5.92 Å². The molecule has 2 amide bonds. The van der Waals surface area contributed by atoms with Crippen molar-refractivity contribution in [3.63, 3.8) is 0 Å². The molecule has 0 aliphatic heterocycles. The van der Waals surface area contributed by atoms with Crippen LogP contribution in [0.15, 0.2) is 82.4 Å². The van der Waals surface area contributed by atoms with E-state index in [-0.39, 0.29) is 48.4 Å². The van der Waals surface area contributed by atoms with E-state index in [2.05, 4.69) is 20.8 Å². The van der Waals surface area contributed by atoms with Crippen LogP contribution < -0.4 is 21.5 Å². The van der Waals surface area contributed by atoms with Crippen molar-refractivity contribution >= 4 is 45.2 Å². The summed E-state index contributed by atoms with van der Waals surface area (Å²) in [6.07, 6.45) is 6.00. The molecule has 51 heavy (non-hydrogen) atoms. The molecule has 1 saturated carbocycles. The summed E-state index contributed by atoms with van der Waals surface area (Å²) >= 11 is 0. The van der Waals surface area contributed by atoms with Gasteiger partial charge in [-0.2, -0.15) is 10.2 Å². The molecule has 12 nitrogen and oxygen atoms in total. The first-order valence-electron chi connectivity index (χ1n) is 16.8. The molecule has 0 unspecified atom stereocenters. The van der Waals surface area contributed by atoms with E-state index in [9.17, 15) is 33.2 Å². The lowest BCUT2D eigenvalue weighted by atomic mass is 9.89. The summed E-state index contributed by atoms with van der Waals surface area (Å²) in [5.41, 5.74) is 0.755. The number of rotatable bonds is 10. The second-order valence-corrected chi connectivity index (χ2v) is 12.6. The van der Waals surface area contributed by atoms with Crippen molar-refractivity contribution in [2.45, 2.75) is 59.0 Å². The van der Waals surface area contributed by atoms with Crippen LogP contribution in [0.3, 0.4) is 0 Å². The Labute approximate surface area is 292 Å². The maximum atomic E-state index is 13.1. The second-order valence-electron chi connectivity index (χ2n) is 12.6. The average molecular weight is 695 g/mol. The predicted octanol–water partition coefficient (Wildman–Crippen LogP) is 4.20. The van der Waals surface area contributed by atoms with Gasteiger partial charge >= 0.3 is 0 Å².